The molecule has 0 aliphatic rings. The molecule has 27 heavy (non-hydrogen) atoms. The van der Waals surface area contributed by atoms with Crippen LogP contribution >= 0.6 is 11.3 Å². The van der Waals surface area contributed by atoms with Crippen LogP contribution in [0.2, 0.25) is 0 Å². The van der Waals surface area contributed by atoms with Gasteiger partial charge in [0.05, 0.1) is 11.4 Å². The molecule has 0 radical (unpaired) electrons. The topological polar surface area (TPSA) is 43.1 Å². The van der Waals surface area contributed by atoms with Gasteiger partial charge >= 0.3 is 0 Å². The van der Waals surface area contributed by atoms with Crippen molar-refractivity contribution in [1.82, 2.24) is 4.98 Å². The molecule has 2 aromatic heterocycles. The molecule has 0 saturated heterocycles. The summed E-state index contributed by atoms with van der Waals surface area (Å²) in [6.45, 7) is 12.8. The van der Waals surface area contributed by atoms with Crippen molar-refractivity contribution < 1.29 is 8.63 Å². The number of nitrogens with zero attached hydrogens (tertiary/aromatic N) is 1. The lowest BCUT2D eigenvalue weighted by Crippen LogP contribution is -2.13. The molecule has 1 atom stereocenters. The third-order valence-corrected chi connectivity index (χ3v) is 6.72. The second-order valence-electron chi connectivity index (χ2n) is 8.10. The molecule has 0 aliphatic heterocycles. The number of hydrogen-bond donors (Lipinski definition) is 0. The van der Waals surface area contributed by atoms with Crippen LogP contribution in [0.3, 0.4) is 0 Å². The summed E-state index contributed by atoms with van der Waals surface area (Å²) in [5.74, 6) is 2.32. The van der Waals surface area contributed by atoms with Gasteiger partial charge in [-0.1, -0.05) is 32.9 Å². The Morgan fingerprint density at radius 2 is 1.78 bits per heavy atom. The van der Waals surface area contributed by atoms with Crippen molar-refractivity contribution >= 4 is 22.1 Å². The Hall–Kier alpha value is -1.72. The fourth-order valence-electron chi connectivity index (χ4n) is 3.09. The Bertz CT molecular complexity index is 940. The van der Waals surface area contributed by atoms with Gasteiger partial charge in [-0.25, -0.2) is 4.98 Å². The van der Waals surface area contributed by atoms with Crippen molar-refractivity contribution in [3.05, 3.63) is 62.7 Å². The molecule has 0 aliphatic carbocycles. The lowest BCUT2D eigenvalue weighted by molar-refractivity contribution is 0.540. The number of oxazole rings is 1. The largest absolute Gasteiger partial charge is 0.441 e. The number of thiophene rings is 1. The average Bonchev–Trinajstić information content (AvgIpc) is 3.20. The minimum Gasteiger partial charge on any atom is -0.441 e. The van der Waals surface area contributed by atoms with E-state index in [9.17, 15) is 4.21 Å². The Kier molecular flexibility index (Phi) is 5.73. The highest BCUT2D eigenvalue weighted by Gasteiger charge is 2.19. The maximum Gasteiger partial charge on any atom is 0.227 e. The number of hydrogen-bond acceptors (Lipinski definition) is 4. The van der Waals surface area contributed by atoms with E-state index in [2.05, 4.69) is 51.7 Å². The van der Waals surface area contributed by atoms with Gasteiger partial charge in [0.1, 0.15) is 5.76 Å². The average molecular weight is 402 g/mol. The van der Waals surface area contributed by atoms with E-state index >= 15 is 0 Å². The molecule has 3 rings (SSSR count). The minimum absolute atomic E-state index is 0.114. The highest BCUT2D eigenvalue weighted by Crippen LogP contribution is 2.28. The van der Waals surface area contributed by atoms with E-state index in [-0.39, 0.29) is 5.41 Å². The molecule has 0 bridgehead atoms. The zero-order valence-corrected chi connectivity index (χ0v) is 18.5. The van der Waals surface area contributed by atoms with Crippen LogP contribution in [0.5, 0.6) is 0 Å². The maximum absolute atomic E-state index is 12.8. The SMILES string of the molecule is Cc1cc(C(C)(C)C)cc(C)c1C[S@@](=O)Cc1nc(-c2ccsc2)oc1C. The fraction of sp³-hybridized carbons (Fsp3) is 0.409. The predicted octanol–water partition coefficient (Wildman–Crippen LogP) is 6.07. The predicted molar refractivity (Wildman–Crippen MR) is 115 cm³/mol. The van der Waals surface area contributed by atoms with E-state index in [1.54, 1.807) is 11.3 Å². The van der Waals surface area contributed by atoms with Crippen LogP contribution in [0.4, 0.5) is 0 Å². The first-order valence-electron chi connectivity index (χ1n) is 9.09. The number of benzene rings is 1. The molecule has 144 valence electrons. The molecule has 3 nitrogen and oxygen atoms in total. The number of rotatable bonds is 5. The summed E-state index contributed by atoms with van der Waals surface area (Å²) >= 11 is 1.61. The van der Waals surface area contributed by atoms with Crippen molar-refractivity contribution in [1.29, 1.82) is 0 Å². The van der Waals surface area contributed by atoms with Gasteiger partial charge in [-0.05, 0) is 59.9 Å². The Morgan fingerprint density at radius 3 is 2.33 bits per heavy atom. The number of aryl methyl sites for hydroxylation is 3. The molecular weight excluding hydrogens is 374 g/mol. The van der Waals surface area contributed by atoms with Gasteiger partial charge in [-0.15, -0.1) is 0 Å². The Labute approximate surface area is 168 Å². The highest BCUT2D eigenvalue weighted by molar-refractivity contribution is 7.83. The van der Waals surface area contributed by atoms with Crippen LogP contribution < -0.4 is 0 Å². The van der Waals surface area contributed by atoms with E-state index in [0.29, 0.717) is 17.4 Å². The maximum atomic E-state index is 12.8. The Morgan fingerprint density at radius 1 is 1.11 bits per heavy atom. The normalized spacial score (nSPS) is 13.1. The zero-order chi connectivity index (χ0) is 19.8. The lowest BCUT2D eigenvalue weighted by atomic mass is 9.84. The molecule has 0 fully saturated rings. The third kappa shape index (κ3) is 4.58. The third-order valence-electron chi connectivity index (χ3n) is 4.83. The van der Waals surface area contributed by atoms with Crippen molar-refractivity contribution in [2.75, 3.05) is 0 Å². The molecule has 2 heterocycles. The monoisotopic (exact) mass is 401 g/mol. The van der Waals surface area contributed by atoms with E-state index in [1.165, 1.54) is 22.3 Å². The first-order chi connectivity index (χ1) is 12.6. The van der Waals surface area contributed by atoms with Crippen LogP contribution in [0, 0.1) is 20.8 Å². The van der Waals surface area contributed by atoms with Crippen LogP contribution in [-0.2, 0) is 27.7 Å². The van der Waals surface area contributed by atoms with Crippen molar-refractivity contribution in [3.63, 3.8) is 0 Å². The first kappa shape index (κ1) is 20.0. The Balaban J connectivity index is 1.77. The van der Waals surface area contributed by atoms with E-state index in [0.717, 1.165) is 17.0 Å². The standard InChI is InChI=1S/C22H27NO2S2/c1-14-9-18(22(4,5)6)10-15(2)19(14)12-27(24)13-20-16(3)25-21(23-20)17-7-8-26-11-17/h7-11H,12-13H2,1-6H3/t27-/m1/s1. The number of aromatic nitrogens is 1. The van der Waals surface area contributed by atoms with Gasteiger partial charge in [0, 0.05) is 27.5 Å². The van der Waals surface area contributed by atoms with E-state index in [1.807, 2.05) is 23.8 Å². The van der Waals surface area contributed by atoms with Crippen LogP contribution in [0.25, 0.3) is 11.5 Å². The minimum atomic E-state index is -1.03. The molecule has 1 aromatic carbocycles. The molecule has 0 saturated carbocycles. The second kappa shape index (κ2) is 7.72. The molecule has 0 amide bonds. The quantitative estimate of drug-likeness (QED) is 0.521. The zero-order valence-electron chi connectivity index (χ0n) is 16.9. The molecular formula is C22H27NO2S2. The van der Waals surface area contributed by atoms with Crippen LogP contribution in [0.1, 0.15) is 54.5 Å². The molecule has 0 unspecified atom stereocenters. The summed E-state index contributed by atoms with van der Waals surface area (Å²) in [6, 6.07) is 6.45. The summed E-state index contributed by atoms with van der Waals surface area (Å²) in [4.78, 5) is 4.57. The lowest BCUT2D eigenvalue weighted by Gasteiger charge is -2.22. The van der Waals surface area contributed by atoms with Gasteiger partial charge < -0.3 is 4.42 Å². The molecule has 0 spiro atoms. The van der Waals surface area contributed by atoms with Crippen molar-refractivity contribution in [2.45, 2.75) is 58.5 Å². The molecule has 0 N–H and O–H groups in total. The summed E-state index contributed by atoms with van der Waals surface area (Å²) in [6.07, 6.45) is 0. The van der Waals surface area contributed by atoms with Gasteiger partial charge in [0.15, 0.2) is 0 Å². The van der Waals surface area contributed by atoms with Crippen molar-refractivity contribution in [3.8, 4) is 11.5 Å². The van der Waals surface area contributed by atoms with Gasteiger partial charge in [-0.3, -0.25) is 4.21 Å². The van der Waals surface area contributed by atoms with E-state index < -0.39 is 10.8 Å². The van der Waals surface area contributed by atoms with Gasteiger partial charge in [0.25, 0.3) is 0 Å². The fourth-order valence-corrected chi connectivity index (χ4v) is 5.17. The molecule has 5 heteroatoms. The summed E-state index contributed by atoms with van der Waals surface area (Å²) in [5, 5.41) is 4.01. The first-order valence-corrected chi connectivity index (χ1v) is 11.5. The highest BCUT2D eigenvalue weighted by atomic mass is 32.2. The van der Waals surface area contributed by atoms with Crippen molar-refractivity contribution in [2.24, 2.45) is 0 Å². The summed E-state index contributed by atoms with van der Waals surface area (Å²) in [5.41, 5.74) is 6.80. The van der Waals surface area contributed by atoms with Gasteiger partial charge in [-0.2, -0.15) is 11.3 Å². The van der Waals surface area contributed by atoms with Crippen LogP contribution in [-0.4, -0.2) is 9.19 Å². The summed E-state index contributed by atoms with van der Waals surface area (Å²) < 4.78 is 18.6. The smallest absolute Gasteiger partial charge is 0.227 e. The second-order valence-corrected chi connectivity index (χ2v) is 10.3. The van der Waals surface area contributed by atoms with Gasteiger partial charge in [0.2, 0.25) is 5.89 Å². The van der Waals surface area contributed by atoms with E-state index in [4.69, 9.17) is 4.42 Å². The summed E-state index contributed by atoms with van der Waals surface area (Å²) in [7, 11) is -1.03. The molecule has 3 aromatic rings. The van der Waals surface area contributed by atoms with Crippen LogP contribution in [0.15, 0.2) is 33.4 Å².